The summed E-state index contributed by atoms with van der Waals surface area (Å²) in [5.74, 6) is -1.12. The molecule has 160 valence electrons. The SMILES string of the molecule is Cc1cc(N2CCOCC2)ccc1/C=C1\C(=O)NC(=S)N(c2cccc(Cl)c2Cl)C1=O. The second-order valence-corrected chi connectivity index (χ2v) is 8.34. The molecule has 0 aliphatic carbocycles. The van der Waals surface area contributed by atoms with E-state index in [9.17, 15) is 9.59 Å². The highest BCUT2D eigenvalue weighted by atomic mass is 35.5. The van der Waals surface area contributed by atoms with Crippen molar-refractivity contribution in [3.8, 4) is 0 Å². The standard InChI is InChI=1S/C22H19Cl2N3O3S/c1-13-11-15(26-7-9-30-10-8-26)6-5-14(13)12-16-20(28)25-22(31)27(21(16)29)18-4-2-3-17(23)19(18)24/h2-6,11-12H,7-10H2,1H3,(H,25,28,31)/b16-12+. The van der Waals surface area contributed by atoms with Gasteiger partial charge in [0.1, 0.15) is 5.57 Å². The minimum absolute atomic E-state index is 0.0353. The predicted molar refractivity (Wildman–Crippen MR) is 127 cm³/mol. The van der Waals surface area contributed by atoms with E-state index >= 15 is 0 Å². The van der Waals surface area contributed by atoms with Gasteiger partial charge in [0.05, 0.1) is 28.9 Å². The van der Waals surface area contributed by atoms with Gasteiger partial charge in [-0.25, -0.2) is 0 Å². The Balaban J connectivity index is 1.68. The van der Waals surface area contributed by atoms with Crippen LogP contribution in [0, 0.1) is 6.92 Å². The number of morpholine rings is 1. The molecule has 0 spiro atoms. The van der Waals surface area contributed by atoms with Gasteiger partial charge in [0.15, 0.2) is 5.11 Å². The van der Waals surface area contributed by atoms with Gasteiger partial charge < -0.3 is 9.64 Å². The summed E-state index contributed by atoms with van der Waals surface area (Å²) in [5.41, 5.74) is 3.07. The molecular weight excluding hydrogens is 457 g/mol. The number of hydrogen-bond donors (Lipinski definition) is 1. The average Bonchev–Trinajstić information content (AvgIpc) is 2.75. The molecule has 2 heterocycles. The minimum atomic E-state index is -0.561. The van der Waals surface area contributed by atoms with Gasteiger partial charge in [-0.1, -0.05) is 35.3 Å². The van der Waals surface area contributed by atoms with Gasteiger partial charge in [0.25, 0.3) is 11.8 Å². The van der Waals surface area contributed by atoms with Crippen LogP contribution in [0.2, 0.25) is 10.0 Å². The van der Waals surface area contributed by atoms with Crippen molar-refractivity contribution < 1.29 is 14.3 Å². The second kappa shape index (κ2) is 8.96. The van der Waals surface area contributed by atoms with Crippen molar-refractivity contribution in [1.29, 1.82) is 0 Å². The number of carbonyl (C=O) groups is 2. The first kappa shape index (κ1) is 21.8. The number of nitrogens with zero attached hydrogens (tertiary/aromatic N) is 2. The maximum Gasteiger partial charge on any atom is 0.270 e. The number of rotatable bonds is 3. The van der Waals surface area contributed by atoms with Gasteiger partial charge in [-0.2, -0.15) is 0 Å². The largest absolute Gasteiger partial charge is 0.378 e. The Kier molecular flexibility index (Phi) is 6.29. The molecule has 2 fully saturated rings. The van der Waals surface area contributed by atoms with Crippen LogP contribution in [0.1, 0.15) is 11.1 Å². The van der Waals surface area contributed by atoms with Crippen LogP contribution in [0.3, 0.4) is 0 Å². The molecule has 2 aliphatic rings. The second-order valence-electron chi connectivity index (χ2n) is 7.17. The van der Waals surface area contributed by atoms with Crippen molar-refractivity contribution in [3.05, 3.63) is 63.1 Å². The highest BCUT2D eigenvalue weighted by Crippen LogP contribution is 2.34. The number of hydrogen-bond acceptors (Lipinski definition) is 5. The number of benzene rings is 2. The first-order valence-electron chi connectivity index (χ1n) is 9.65. The van der Waals surface area contributed by atoms with Crippen molar-refractivity contribution in [3.63, 3.8) is 0 Å². The van der Waals surface area contributed by atoms with E-state index in [1.807, 2.05) is 25.1 Å². The molecule has 1 N–H and O–H groups in total. The summed E-state index contributed by atoms with van der Waals surface area (Å²) in [4.78, 5) is 29.2. The number of amides is 2. The molecule has 2 aromatic rings. The van der Waals surface area contributed by atoms with E-state index in [1.54, 1.807) is 24.3 Å². The molecule has 6 nitrogen and oxygen atoms in total. The number of anilines is 2. The molecule has 0 unspecified atom stereocenters. The first-order chi connectivity index (χ1) is 14.9. The Hall–Kier alpha value is -2.45. The highest BCUT2D eigenvalue weighted by Gasteiger charge is 2.35. The lowest BCUT2D eigenvalue weighted by molar-refractivity contribution is -0.122. The number of nitrogens with one attached hydrogen (secondary N) is 1. The van der Waals surface area contributed by atoms with E-state index in [4.69, 9.17) is 40.2 Å². The first-order valence-corrected chi connectivity index (χ1v) is 10.8. The lowest BCUT2D eigenvalue weighted by atomic mass is 10.0. The van der Waals surface area contributed by atoms with Crippen LogP contribution in [0.25, 0.3) is 6.08 Å². The highest BCUT2D eigenvalue weighted by molar-refractivity contribution is 7.80. The topological polar surface area (TPSA) is 61.9 Å². The predicted octanol–water partition coefficient (Wildman–Crippen LogP) is 3.97. The van der Waals surface area contributed by atoms with Crippen molar-refractivity contribution in [1.82, 2.24) is 5.32 Å². The zero-order valence-corrected chi connectivity index (χ0v) is 19.0. The van der Waals surface area contributed by atoms with Crippen LogP contribution in [0.15, 0.2) is 42.0 Å². The van der Waals surface area contributed by atoms with Crippen LogP contribution >= 0.6 is 35.4 Å². The third-order valence-corrected chi connectivity index (χ3v) is 6.30. The van der Waals surface area contributed by atoms with E-state index in [1.165, 1.54) is 4.90 Å². The van der Waals surface area contributed by atoms with Crippen LogP contribution in [-0.4, -0.2) is 43.2 Å². The van der Waals surface area contributed by atoms with E-state index in [-0.39, 0.29) is 20.7 Å². The summed E-state index contributed by atoms with van der Waals surface area (Å²) < 4.78 is 5.40. The van der Waals surface area contributed by atoms with Gasteiger partial charge in [-0.05, 0) is 60.6 Å². The van der Waals surface area contributed by atoms with Crippen molar-refractivity contribution in [2.75, 3.05) is 36.1 Å². The molecule has 9 heteroatoms. The average molecular weight is 476 g/mol. The summed E-state index contributed by atoms with van der Waals surface area (Å²) in [6.07, 6.45) is 1.57. The molecule has 4 rings (SSSR count). The number of halogens is 2. The van der Waals surface area contributed by atoms with E-state index in [0.717, 1.165) is 29.9 Å². The quantitative estimate of drug-likeness (QED) is 0.413. The summed E-state index contributed by atoms with van der Waals surface area (Å²) in [6.45, 7) is 4.99. The minimum Gasteiger partial charge on any atom is -0.378 e. The lowest BCUT2D eigenvalue weighted by Crippen LogP contribution is -2.54. The third kappa shape index (κ3) is 4.32. The summed E-state index contributed by atoms with van der Waals surface area (Å²) in [7, 11) is 0. The van der Waals surface area contributed by atoms with Gasteiger partial charge in [0, 0.05) is 18.8 Å². The molecular formula is C22H19Cl2N3O3S. The lowest BCUT2D eigenvalue weighted by Gasteiger charge is -2.30. The van der Waals surface area contributed by atoms with Crippen molar-refractivity contribution >= 4 is 69.8 Å². The van der Waals surface area contributed by atoms with E-state index < -0.39 is 11.8 Å². The molecule has 0 radical (unpaired) electrons. The fourth-order valence-electron chi connectivity index (χ4n) is 3.54. The van der Waals surface area contributed by atoms with Crippen LogP contribution in [-0.2, 0) is 14.3 Å². The van der Waals surface area contributed by atoms with Crippen LogP contribution in [0.4, 0.5) is 11.4 Å². The van der Waals surface area contributed by atoms with E-state index in [0.29, 0.717) is 18.9 Å². The van der Waals surface area contributed by atoms with Gasteiger partial charge >= 0.3 is 0 Å². The molecule has 2 amide bonds. The maximum atomic E-state index is 13.2. The summed E-state index contributed by atoms with van der Waals surface area (Å²) in [6, 6.07) is 10.8. The van der Waals surface area contributed by atoms with Crippen LogP contribution in [0.5, 0.6) is 0 Å². The Bertz CT molecular complexity index is 1110. The maximum absolute atomic E-state index is 13.2. The molecule has 2 aromatic carbocycles. The molecule has 31 heavy (non-hydrogen) atoms. The zero-order valence-electron chi connectivity index (χ0n) is 16.7. The molecule has 0 atom stereocenters. The Morgan fingerprint density at radius 1 is 1.13 bits per heavy atom. The molecule has 0 bridgehead atoms. The molecule has 0 saturated carbocycles. The van der Waals surface area contributed by atoms with Crippen molar-refractivity contribution in [2.45, 2.75) is 6.92 Å². The molecule has 0 aromatic heterocycles. The Labute approximate surface area is 195 Å². The van der Waals surface area contributed by atoms with E-state index in [2.05, 4.69) is 10.2 Å². The Morgan fingerprint density at radius 2 is 1.87 bits per heavy atom. The summed E-state index contributed by atoms with van der Waals surface area (Å²) >= 11 is 17.6. The zero-order chi connectivity index (χ0) is 22.1. The van der Waals surface area contributed by atoms with Gasteiger partial charge in [-0.15, -0.1) is 0 Å². The summed E-state index contributed by atoms with van der Waals surface area (Å²) in [5, 5.41) is 2.98. The number of ether oxygens (including phenoxy) is 1. The fraction of sp³-hybridized carbons (Fsp3) is 0.227. The van der Waals surface area contributed by atoms with Gasteiger partial charge in [-0.3, -0.25) is 19.8 Å². The normalized spacial score (nSPS) is 18.5. The van der Waals surface area contributed by atoms with Gasteiger partial charge in [0.2, 0.25) is 0 Å². The fourth-order valence-corrected chi connectivity index (χ4v) is 4.19. The van der Waals surface area contributed by atoms with Crippen LogP contribution < -0.4 is 15.1 Å². The number of aryl methyl sites for hydroxylation is 1. The Morgan fingerprint density at radius 3 is 2.58 bits per heavy atom. The third-order valence-electron chi connectivity index (χ3n) is 5.20. The monoisotopic (exact) mass is 475 g/mol. The molecule has 2 saturated heterocycles. The number of carbonyl (C=O) groups excluding carboxylic acids is 2. The molecule has 2 aliphatic heterocycles. The smallest absolute Gasteiger partial charge is 0.270 e. The van der Waals surface area contributed by atoms with Crippen molar-refractivity contribution in [2.24, 2.45) is 0 Å². The number of thiocarbonyl (C=S) groups is 1.